The Bertz CT molecular complexity index is 830. The third kappa shape index (κ3) is 4.35. The van der Waals surface area contributed by atoms with Gasteiger partial charge in [-0.05, 0) is 64.7 Å². The Hall–Kier alpha value is -2.28. The van der Waals surface area contributed by atoms with E-state index in [2.05, 4.69) is 15.9 Å². The van der Waals surface area contributed by atoms with Gasteiger partial charge < -0.3 is 19.1 Å². The summed E-state index contributed by atoms with van der Waals surface area (Å²) < 4.78 is 29.9. The van der Waals surface area contributed by atoms with Crippen molar-refractivity contribution >= 4 is 21.8 Å². The van der Waals surface area contributed by atoms with E-state index in [0.717, 1.165) is 18.4 Å². The van der Waals surface area contributed by atoms with Crippen molar-refractivity contribution < 1.29 is 23.4 Å². The third-order valence-electron chi connectivity index (χ3n) is 4.61. The number of carbonyl (C=O) groups is 1. The average molecular weight is 438 g/mol. The van der Waals surface area contributed by atoms with Crippen LogP contribution in [0, 0.1) is 5.82 Å². The van der Waals surface area contributed by atoms with Gasteiger partial charge in [0.1, 0.15) is 11.6 Å². The zero-order valence-corrected chi connectivity index (χ0v) is 16.8. The van der Waals surface area contributed by atoms with Crippen molar-refractivity contribution in [3.8, 4) is 17.2 Å². The Morgan fingerprint density at radius 3 is 2.59 bits per heavy atom. The predicted molar refractivity (Wildman–Crippen MR) is 103 cm³/mol. The highest BCUT2D eigenvalue weighted by Gasteiger charge is 2.30. The highest BCUT2D eigenvalue weighted by molar-refractivity contribution is 9.10. The SMILES string of the molecule is COc1ccc(C2CCCN2C(=O)COc2ccc(F)cc2Br)cc1OC. The van der Waals surface area contributed by atoms with Gasteiger partial charge in [-0.1, -0.05) is 6.07 Å². The summed E-state index contributed by atoms with van der Waals surface area (Å²) in [5.41, 5.74) is 1.00. The normalized spacial score (nSPS) is 16.3. The lowest BCUT2D eigenvalue weighted by atomic mass is 10.0. The van der Waals surface area contributed by atoms with E-state index in [-0.39, 0.29) is 24.4 Å². The molecule has 1 unspecified atom stereocenters. The number of amides is 1. The minimum Gasteiger partial charge on any atom is -0.493 e. The molecule has 2 aromatic rings. The van der Waals surface area contributed by atoms with Crippen LogP contribution in [0.15, 0.2) is 40.9 Å². The van der Waals surface area contributed by atoms with Crippen LogP contribution in [-0.4, -0.2) is 38.2 Å². The molecule has 0 aromatic heterocycles. The molecule has 3 rings (SSSR count). The topological polar surface area (TPSA) is 48.0 Å². The van der Waals surface area contributed by atoms with Crippen molar-refractivity contribution in [1.82, 2.24) is 4.90 Å². The Kier molecular flexibility index (Phi) is 6.21. The van der Waals surface area contributed by atoms with Gasteiger partial charge in [-0.25, -0.2) is 4.39 Å². The van der Waals surface area contributed by atoms with E-state index in [4.69, 9.17) is 14.2 Å². The smallest absolute Gasteiger partial charge is 0.261 e. The van der Waals surface area contributed by atoms with E-state index in [9.17, 15) is 9.18 Å². The van der Waals surface area contributed by atoms with Crippen molar-refractivity contribution in [1.29, 1.82) is 0 Å². The lowest BCUT2D eigenvalue weighted by Gasteiger charge is -2.26. The lowest BCUT2D eigenvalue weighted by molar-refractivity contribution is -0.134. The molecule has 1 fully saturated rings. The molecule has 0 radical (unpaired) electrons. The van der Waals surface area contributed by atoms with Gasteiger partial charge in [-0.15, -0.1) is 0 Å². The zero-order valence-electron chi connectivity index (χ0n) is 15.2. The maximum atomic E-state index is 13.2. The number of carbonyl (C=O) groups excluding carboxylic acids is 1. The maximum Gasteiger partial charge on any atom is 0.261 e. The van der Waals surface area contributed by atoms with E-state index >= 15 is 0 Å². The van der Waals surface area contributed by atoms with Crippen LogP contribution < -0.4 is 14.2 Å². The fourth-order valence-corrected chi connectivity index (χ4v) is 3.75. The number of hydrogen-bond acceptors (Lipinski definition) is 4. The van der Waals surface area contributed by atoms with Crippen LogP contribution in [-0.2, 0) is 4.79 Å². The summed E-state index contributed by atoms with van der Waals surface area (Å²) in [4.78, 5) is 14.5. The van der Waals surface area contributed by atoms with Crippen LogP contribution in [0.4, 0.5) is 4.39 Å². The third-order valence-corrected chi connectivity index (χ3v) is 5.23. The fourth-order valence-electron chi connectivity index (χ4n) is 3.29. The predicted octanol–water partition coefficient (Wildman–Crippen LogP) is 4.35. The van der Waals surface area contributed by atoms with Crippen LogP contribution >= 0.6 is 15.9 Å². The second-order valence-electron chi connectivity index (χ2n) is 6.22. The van der Waals surface area contributed by atoms with Crippen LogP contribution in [0.2, 0.25) is 0 Å². The summed E-state index contributed by atoms with van der Waals surface area (Å²) in [6.07, 6.45) is 1.80. The second-order valence-corrected chi connectivity index (χ2v) is 7.08. The van der Waals surface area contributed by atoms with Crippen molar-refractivity contribution in [2.24, 2.45) is 0 Å². The monoisotopic (exact) mass is 437 g/mol. The molecule has 144 valence electrons. The van der Waals surface area contributed by atoms with Gasteiger partial charge >= 0.3 is 0 Å². The van der Waals surface area contributed by atoms with Crippen molar-refractivity contribution in [2.75, 3.05) is 27.4 Å². The Balaban J connectivity index is 1.71. The standard InChI is InChI=1S/C20H21BrFNO4/c1-25-18-7-5-13(10-19(18)26-2)16-4-3-9-23(16)20(24)12-27-17-8-6-14(22)11-15(17)21/h5-8,10-11,16H,3-4,9,12H2,1-2H3. The minimum absolute atomic E-state index is 0.0300. The number of benzene rings is 2. The molecule has 0 aliphatic carbocycles. The van der Waals surface area contributed by atoms with Gasteiger partial charge in [0.25, 0.3) is 5.91 Å². The van der Waals surface area contributed by atoms with Gasteiger partial charge in [0.05, 0.1) is 24.7 Å². The summed E-state index contributed by atoms with van der Waals surface area (Å²) in [5.74, 6) is 1.26. The molecule has 2 aromatic carbocycles. The number of nitrogens with zero attached hydrogens (tertiary/aromatic N) is 1. The second kappa shape index (κ2) is 8.61. The molecular formula is C20H21BrFNO4. The molecule has 7 heteroatoms. The van der Waals surface area contributed by atoms with Crippen molar-refractivity contribution in [2.45, 2.75) is 18.9 Å². The first kappa shape index (κ1) is 19.5. The van der Waals surface area contributed by atoms with Gasteiger partial charge in [0, 0.05) is 6.54 Å². The summed E-state index contributed by atoms with van der Waals surface area (Å²) in [5, 5.41) is 0. The van der Waals surface area contributed by atoms with Crippen LogP contribution in [0.5, 0.6) is 17.2 Å². The van der Waals surface area contributed by atoms with Crippen molar-refractivity contribution in [3.63, 3.8) is 0 Å². The number of rotatable bonds is 6. The lowest BCUT2D eigenvalue weighted by Crippen LogP contribution is -2.34. The van der Waals surface area contributed by atoms with Crippen molar-refractivity contribution in [3.05, 3.63) is 52.3 Å². The van der Waals surface area contributed by atoms with E-state index in [0.29, 0.717) is 28.3 Å². The molecule has 1 atom stereocenters. The quantitative estimate of drug-likeness (QED) is 0.673. The van der Waals surface area contributed by atoms with E-state index in [1.807, 2.05) is 23.1 Å². The minimum atomic E-state index is -0.367. The molecule has 0 saturated carbocycles. The number of halogens is 2. The molecular weight excluding hydrogens is 417 g/mol. The highest BCUT2D eigenvalue weighted by atomic mass is 79.9. The van der Waals surface area contributed by atoms with Gasteiger partial charge in [0.15, 0.2) is 18.1 Å². The summed E-state index contributed by atoms with van der Waals surface area (Å²) in [7, 11) is 3.18. The molecule has 1 heterocycles. The first-order valence-corrected chi connectivity index (χ1v) is 9.42. The molecule has 0 N–H and O–H groups in total. The number of likely N-dealkylation sites (tertiary alicyclic amines) is 1. The zero-order chi connectivity index (χ0) is 19.4. The summed E-state index contributed by atoms with van der Waals surface area (Å²) >= 11 is 3.24. The largest absolute Gasteiger partial charge is 0.493 e. The Morgan fingerprint density at radius 2 is 1.89 bits per heavy atom. The van der Waals surface area contributed by atoms with Crippen LogP contribution in [0.1, 0.15) is 24.4 Å². The van der Waals surface area contributed by atoms with E-state index in [1.54, 1.807) is 14.2 Å². The number of methoxy groups -OCH3 is 2. The molecule has 0 bridgehead atoms. The highest BCUT2D eigenvalue weighted by Crippen LogP contribution is 2.37. The Labute approximate surface area is 166 Å². The fraction of sp³-hybridized carbons (Fsp3) is 0.350. The van der Waals surface area contributed by atoms with Gasteiger partial charge in [-0.2, -0.15) is 0 Å². The van der Waals surface area contributed by atoms with Crippen LogP contribution in [0.25, 0.3) is 0 Å². The molecule has 5 nitrogen and oxygen atoms in total. The van der Waals surface area contributed by atoms with Gasteiger partial charge in [0.2, 0.25) is 0 Å². The number of ether oxygens (including phenoxy) is 3. The summed E-state index contributed by atoms with van der Waals surface area (Å²) in [6, 6.07) is 9.79. The van der Waals surface area contributed by atoms with Crippen LogP contribution in [0.3, 0.4) is 0 Å². The first-order chi connectivity index (χ1) is 13.0. The molecule has 0 spiro atoms. The molecule has 1 aliphatic rings. The van der Waals surface area contributed by atoms with E-state index < -0.39 is 0 Å². The Morgan fingerprint density at radius 1 is 1.15 bits per heavy atom. The maximum absolute atomic E-state index is 13.2. The number of hydrogen-bond donors (Lipinski definition) is 0. The average Bonchev–Trinajstić information content (AvgIpc) is 3.16. The summed E-state index contributed by atoms with van der Waals surface area (Å²) in [6.45, 7) is 0.569. The molecule has 1 saturated heterocycles. The van der Waals surface area contributed by atoms with Gasteiger partial charge in [-0.3, -0.25) is 4.79 Å². The first-order valence-electron chi connectivity index (χ1n) is 8.62. The molecule has 27 heavy (non-hydrogen) atoms. The van der Waals surface area contributed by atoms with E-state index in [1.165, 1.54) is 18.2 Å². The molecule has 1 amide bonds. The molecule has 1 aliphatic heterocycles.